The Hall–Kier alpha value is -8.82. The summed E-state index contributed by atoms with van der Waals surface area (Å²) in [5.74, 6) is -0.351. The molecule has 1 aromatic heterocycles. The maximum atomic E-state index is 15.4. The van der Waals surface area contributed by atoms with Crippen LogP contribution >= 0.6 is 11.6 Å². The lowest BCUT2D eigenvalue weighted by molar-refractivity contribution is -0.742. The number of amides is 5. The van der Waals surface area contributed by atoms with Gasteiger partial charge in [0.1, 0.15) is 28.9 Å². The number of azo groups is 1. The van der Waals surface area contributed by atoms with Gasteiger partial charge in [-0.1, -0.05) is 29.8 Å². The van der Waals surface area contributed by atoms with Gasteiger partial charge in [0.25, 0.3) is 18.0 Å². The molecule has 392 valence electrons. The molecule has 3 N–H and O–H groups in total. The van der Waals surface area contributed by atoms with Crippen molar-refractivity contribution in [1.29, 1.82) is 0 Å². The Morgan fingerprint density at radius 3 is 2.49 bits per heavy atom. The summed E-state index contributed by atoms with van der Waals surface area (Å²) in [6.45, 7) is 1.38. The molecule has 0 spiro atoms. The van der Waals surface area contributed by atoms with Crippen LogP contribution in [0.15, 0.2) is 106 Å². The van der Waals surface area contributed by atoms with Crippen LogP contribution < -0.4 is 39.6 Å². The van der Waals surface area contributed by atoms with E-state index in [9.17, 15) is 24.0 Å². The third-order valence-corrected chi connectivity index (χ3v) is 14.4. The minimum absolute atomic E-state index is 0.0344. The fourth-order valence-electron chi connectivity index (χ4n) is 10.2. The van der Waals surface area contributed by atoms with Crippen LogP contribution in [0.5, 0.6) is 28.7 Å². The number of fused-ring (bicyclic) bond motifs is 6. The van der Waals surface area contributed by atoms with Crippen LogP contribution in [0, 0.1) is 5.82 Å². The zero-order valence-corrected chi connectivity index (χ0v) is 42.6. The highest BCUT2D eigenvalue weighted by molar-refractivity contribution is 6.31. The molecule has 0 saturated carbocycles. The fourth-order valence-corrected chi connectivity index (χ4v) is 10.4. The lowest BCUT2D eigenvalue weighted by atomic mass is 9.94. The van der Waals surface area contributed by atoms with Crippen molar-refractivity contribution in [2.24, 2.45) is 15.2 Å². The van der Waals surface area contributed by atoms with Gasteiger partial charge in [0.2, 0.25) is 23.5 Å². The largest absolute Gasteiger partial charge is 0.496 e. The van der Waals surface area contributed by atoms with Crippen LogP contribution in [0.25, 0.3) is 11.3 Å². The lowest BCUT2D eigenvalue weighted by Gasteiger charge is -2.29. The van der Waals surface area contributed by atoms with Gasteiger partial charge < -0.3 is 39.2 Å². The van der Waals surface area contributed by atoms with Crippen molar-refractivity contribution in [3.8, 4) is 40.0 Å². The number of ether oxygens (including phenoxy) is 5. The van der Waals surface area contributed by atoms with E-state index in [0.29, 0.717) is 111 Å². The van der Waals surface area contributed by atoms with Crippen LogP contribution in [0.1, 0.15) is 68.7 Å². The van der Waals surface area contributed by atoms with Gasteiger partial charge in [-0.15, -0.1) is 0 Å². The molecule has 6 heterocycles. The first-order valence-electron chi connectivity index (χ1n) is 24.7. The van der Waals surface area contributed by atoms with E-state index in [1.807, 2.05) is 6.07 Å². The maximum Gasteiger partial charge on any atom is 0.353 e. The third kappa shape index (κ3) is 9.63. The van der Waals surface area contributed by atoms with Gasteiger partial charge in [-0.3, -0.25) is 29.5 Å². The Balaban J connectivity index is 0.673. The summed E-state index contributed by atoms with van der Waals surface area (Å²) in [6.07, 6.45) is 2.98. The molecule has 3 atom stereocenters. The number of unbranched alkanes of at least 4 members (excludes halogenated alkanes) is 1. The molecule has 2 fully saturated rings. The van der Waals surface area contributed by atoms with Crippen LogP contribution in [0.3, 0.4) is 0 Å². The molecule has 5 amide bonds. The van der Waals surface area contributed by atoms with Crippen LogP contribution in [-0.4, -0.2) is 114 Å². The Bertz CT molecular complexity index is 3500. The van der Waals surface area contributed by atoms with Gasteiger partial charge in [0.15, 0.2) is 24.7 Å². The fraction of sp³-hybridized carbons (Fsp3) is 0.273. The summed E-state index contributed by atoms with van der Waals surface area (Å²) < 4.78 is 44.5. The number of nitrogens with zero attached hydrogens (tertiary/aromatic N) is 7. The zero-order valence-electron chi connectivity index (χ0n) is 41.9. The number of hydrogen-bond acceptors (Lipinski definition) is 16. The summed E-state index contributed by atoms with van der Waals surface area (Å²) in [5, 5.41) is 17.7. The molecular weight excluding hydrogens is 1020 g/mol. The van der Waals surface area contributed by atoms with E-state index in [2.05, 4.69) is 31.2 Å². The Morgan fingerprint density at radius 2 is 1.70 bits per heavy atom. The second-order valence-electron chi connectivity index (χ2n) is 18.8. The van der Waals surface area contributed by atoms with Crippen molar-refractivity contribution in [2.45, 2.75) is 51.0 Å². The van der Waals surface area contributed by atoms with E-state index < -0.39 is 17.8 Å². The Kier molecular flexibility index (Phi) is 13.5. The van der Waals surface area contributed by atoms with Gasteiger partial charge in [-0.05, 0) is 67.8 Å². The molecule has 20 nitrogen and oxygen atoms in total. The SMILES string of the molecule is COc1cc(N=Nc2cccc3c2CN(C2CCC(=O)NC2=O)C3=O)cc(OC)c1OCC(=O)NCCCC[N+]12CC1Oc1cc(Nc3ncc4c(n3)-c3ccc(Cl)cc3C(c3c(F)cccc3OC)=NC4)ccc1C2=O. The van der Waals surface area contributed by atoms with Gasteiger partial charge >= 0.3 is 5.91 Å². The van der Waals surface area contributed by atoms with E-state index in [0.717, 1.165) is 5.56 Å². The molecule has 3 unspecified atom stereocenters. The summed E-state index contributed by atoms with van der Waals surface area (Å²) in [5.41, 5.74) is 6.07. The number of methoxy groups -OCH3 is 3. The lowest BCUT2D eigenvalue weighted by Crippen LogP contribution is -2.52. The second-order valence-corrected chi connectivity index (χ2v) is 19.3. The number of halogens is 2. The van der Waals surface area contributed by atoms with Crippen LogP contribution in [-0.2, 0) is 27.5 Å². The highest BCUT2D eigenvalue weighted by Crippen LogP contribution is 2.46. The minimum Gasteiger partial charge on any atom is -0.496 e. The molecule has 5 aliphatic rings. The number of rotatable bonds is 17. The monoisotopic (exact) mass is 1060 g/mol. The van der Waals surface area contributed by atoms with Gasteiger partial charge in [0, 0.05) is 82.4 Å². The predicted molar refractivity (Wildman–Crippen MR) is 277 cm³/mol. The first-order valence-corrected chi connectivity index (χ1v) is 25.1. The molecule has 22 heteroatoms. The van der Waals surface area contributed by atoms with Gasteiger partial charge in [-0.25, -0.2) is 23.6 Å². The maximum absolute atomic E-state index is 15.4. The van der Waals surface area contributed by atoms with Crippen molar-refractivity contribution < 1.29 is 56.5 Å². The summed E-state index contributed by atoms with van der Waals surface area (Å²) >= 11 is 6.48. The normalized spacial score (nSPS) is 18.9. The summed E-state index contributed by atoms with van der Waals surface area (Å²) in [4.78, 5) is 80.2. The van der Waals surface area contributed by atoms with Crippen LogP contribution in [0.2, 0.25) is 5.02 Å². The second kappa shape index (κ2) is 20.7. The van der Waals surface area contributed by atoms with Crippen molar-refractivity contribution in [2.75, 3.05) is 52.9 Å². The first-order chi connectivity index (χ1) is 37.4. The number of imide groups is 1. The number of piperidine rings is 1. The number of quaternary nitrogens is 1. The molecular formula is C55H49ClFN10O10+. The van der Waals surface area contributed by atoms with Gasteiger partial charge in [-0.2, -0.15) is 10.2 Å². The van der Waals surface area contributed by atoms with E-state index in [1.54, 1.807) is 79.0 Å². The number of benzene rings is 5. The molecule has 5 aromatic carbocycles. The topological polar surface area (TPSA) is 234 Å². The number of carbonyl (C=O) groups excluding carboxylic acids is 5. The first kappa shape index (κ1) is 50.3. The van der Waals surface area contributed by atoms with Crippen molar-refractivity contribution in [1.82, 2.24) is 25.5 Å². The molecule has 0 radical (unpaired) electrons. The van der Waals surface area contributed by atoms with Gasteiger partial charge in [0.05, 0.1) is 62.8 Å². The average Bonchev–Trinajstić information content (AvgIpc) is 4.15. The molecule has 0 bridgehead atoms. The Labute approximate surface area is 444 Å². The van der Waals surface area contributed by atoms with E-state index in [1.165, 1.54) is 32.3 Å². The van der Waals surface area contributed by atoms with Crippen molar-refractivity contribution in [3.63, 3.8) is 0 Å². The number of carbonyl (C=O) groups is 5. The van der Waals surface area contributed by atoms with Crippen LogP contribution in [0.4, 0.5) is 27.4 Å². The van der Waals surface area contributed by atoms with Crippen molar-refractivity contribution >= 4 is 69.9 Å². The number of aromatic nitrogens is 2. The molecule has 0 aliphatic carbocycles. The molecule has 11 rings (SSSR count). The highest BCUT2D eigenvalue weighted by Gasteiger charge is 2.66. The van der Waals surface area contributed by atoms with E-state index in [4.69, 9.17) is 45.3 Å². The smallest absolute Gasteiger partial charge is 0.353 e. The average molecular weight is 1060 g/mol. The zero-order chi connectivity index (χ0) is 53.5. The number of nitrogens with one attached hydrogen (secondary N) is 3. The minimum atomic E-state index is -0.768. The molecule has 2 saturated heterocycles. The molecule has 77 heavy (non-hydrogen) atoms. The third-order valence-electron chi connectivity index (χ3n) is 14.2. The number of hydrogen-bond donors (Lipinski definition) is 3. The quantitative estimate of drug-likeness (QED) is 0.0260. The predicted octanol–water partition coefficient (Wildman–Crippen LogP) is 7.90. The summed E-state index contributed by atoms with van der Waals surface area (Å²) in [6, 6.07) is 22.6. The number of anilines is 2. The number of aliphatic imine (C=N–C) groups is 1. The Morgan fingerprint density at radius 1 is 0.909 bits per heavy atom. The summed E-state index contributed by atoms with van der Waals surface area (Å²) in [7, 11) is 4.35. The van der Waals surface area contributed by atoms with Crippen molar-refractivity contribution in [3.05, 3.63) is 135 Å². The standard InChI is InChI=1S/C55H48ClFN10O10/c1-73-41-11-7-9-38(57)48(41)50-36-20-30(56)12-14-33(36)49-29(24-59-50)25-60-55(63-49)61-31-13-15-35-42(21-31)77-47-27-67(47,54(35)72)19-5-4-18-58-46(69)28-76-51-43(74-2)22-32(23-44(51)75-3)64-65-39-10-6-8-34-37(39)26-66(53(34)71)40-16-17-45(68)62-52(40)70/h6-15,20-23,25,40,47H,4-5,16-19,24,26-28H2,1-3H3,(H2-,58,60,61,62,63,68,69,70,72)/p+1. The highest BCUT2D eigenvalue weighted by atomic mass is 35.5. The van der Waals surface area contributed by atoms with E-state index >= 15 is 4.39 Å². The van der Waals surface area contributed by atoms with E-state index in [-0.39, 0.29) is 89.7 Å². The molecule has 6 aromatic rings. The molecule has 5 aliphatic heterocycles.